The fraction of sp³-hybridized carbons (Fsp3) is 0.611. The number of nitro groups is 1. The molecule has 2 fully saturated rings. The second kappa shape index (κ2) is 6.20. The van der Waals surface area contributed by atoms with E-state index in [4.69, 9.17) is 4.74 Å². The van der Waals surface area contributed by atoms with E-state index in [1.54, 1.807) is 29.2 Å². The Labute approximate surface area is 147 Å². The first-order valence-electron chi connectivity index (χ1n) is 8.65. The number of hydrogen-bond donors (Lipinski definition) is 0. The van der Waals surface area contributed by atoms with Gasteiger partial charge >= 0.3 is 6.09 Å². The lowest BCUT2D eigenvalue weighted by atomic mass is 9.72. The van der Waals surface area contributed by atoms with Crippen LogP contribution in [0.15, 0.2) is 24.3 Å². The van der Waals surface area contributed by atoms with Gasteiger partial charge in [0.05, 0.1) is 4.92 Å². The van der Waals surface area contributed by atoms with E-state index < -0.39 is 5.60 Å². The molecule has 25 heavy (non-hydrogen) atoms. The molecule has 1 aromatic rings. The van der Waals surface area contributed by atoms with E-state index in [1.807, 2.05) is 20.8 Å². The van der Waals surface area contributed by atoms with Crippen LogP contribution in [0.2, 0.25) is 0 Å². The van der Waals surface area contributed by atoms with E-state index in [9.17, 15) is 14.9 Å². The number of non-ortho nitro benzene ring substituents is 1. The third-order valence-electron chi connectivity index (χ3n) is 4.95. The maximum absolute atomic E-state index is 12.1. The van der Waals surface area contributed by atoms with Crippen LogP contribution in [0.4, 0.5) is 16.2 Å². The summed E-state index contributed by atoms with van der Waals surface area (Å²) in [6.07, 6.45) is 1.71. The summed E-state index contributed by atoms with van der Waals surface area (Å²) in [5, 5.41) is 10.7. The predicted molar refractivity (Wildman–Crippen MR) is 94.8 cm³/mol. The van der Waals surface area contributed by atoms with Gasteiger partial charge in [0, 0.05) is 49.4 Å². The van der Waals surface area contributed by atoms with Gasteiger partial charge in [-0.05, 0) is 45.7 Å². The Balaban J connectivity index is 1.51. The van der Waals surface area contributed by atoms with Crippen molar-refractivity contribution in [3.8, 4) is 0 Å². The number of hydrogen-bond acceptors (Lipinski definition) is 5. The van der Waals surface area contributed by atoms with Crippen molar-refractivity contribution in [2.24, 2.45) is 5.41 Å². The van der Waals surface area contributed by atoms with E-state index in [-0.39, 0.29) is 22.1 Å². The molecule has 7 heteroatoms. The van der Waals surface area contributed by atoms with Crippen molar-refractivity contribution in [3.05, 3.63) is 34.4 Å². The topological polar surface area (TPSA) is 75.9 Å². The molecule has 0 radical (unpaired) electrons. The molecule has 0 saturated carbocycles. The molecule has 1 aromatic carbocycles. The summed E-state index contributed by atoms with van der Waals surface area (Å²) < 4.78 is 5.44. The third kappa shape index (κ3) is 3.86. The molecular weight excluding hydrogens is 322 g/mol. The first-order valence-corrected chi connectivity index (χ1v) is 8.65. The van der Waals surface area contributed by atoms with Gasteiger partial charge < -0.3 is 14.5 Å². The van der Waals surface area contributed by atoms with Gasteiger partial charge in [0.1, 0.15) is 5.60 Å². The average molecular weight is 347 g/mol. The predicted octanol–water partition coefficient (Wildman–Crippen LogP) is 3.43. The minimum Gasteiger partial charge on any atom is -0.444 e. The van der Waals surface area contributed by atoms with Crippen molar-refractivity contribution in [3.63, 3.8) is 0 Å². The fourth-order valence-electron chi connectivity index (χ4n) is 3.54. The first-order chi connectivity index (χ1) is 11.7. The summed E-state index contributed by atoms with van der Waals surface area (Å²) in [6.45, 7) is 8.96. The fourth-order valence-corrected chi connectivity index (χ4v) is 3.54. The van der Waals surface area contributed by atoms with Gasteiger partial charge in [-0.3, -0.25) is 10.1 Å². The Morgan fingerprint density at radius 1 is 1.16 bits per heavy atom. The number of anilines is 1. The SMILES string of the molecule is CC(C)(C)OC(=O)N1CCC2(CC1)CN(c1ccc([N+](=O)[O-])cc1)C2. The molecule has 0 N–H and O–H groups in total. The van der Waals surface area contributed by atoms with Crippen LogP contribution >= 0.6 is 0 Å². The zero-order chi connectivity index (χ0) is 18.2. The largest absolute Gasteiger partial charge is 0.444 e. The number of rotatable bonds is 2. The van der Waals surface area contributed by atoms with E-state index in [0.29, 0.717) is 0 Å². The molecule has 0 aliphatic carbocycles. The van der Waals surface area contributed by atoms with Crippen molar-refractivity contribution in [2.75, 3.05) is 31.1 Å². The summed E-state index contributed by atoms with van der Waals surface area (Å²) in [7, 11) is 0. The molecule has 2 aliphatic rings. The Morgan fingerprint density at radius 2 is 1.72 bits per heavy atom. The highest BCUT2D eigenvalue weighted by Crippen LogP contribution is 2.43. The number of likely N-dealkylation sites (tertiary alicyclic amines) is 1. The van der Waals surface area contributed by atoms with Crippen LogP contribution in [0.5, 0.6) is 0 Å². The van der Waals surface area contributed by atoms with E-state index >= 15 is 0 Å². The van der Waals surface area contributed by atoms with E-state index in [1.165, 1.54) is 0 Å². The maximum Gasteiger partial charge on any atom is 0.410 e. The number of carbonyl (C=O) groups excluding carboxylic acids is 1. The lowest BCUT2D eigenvalue weighted by molar-refractivity contribution is -0.384. The number of ether oxygens (including phenoxy) is 1. The Kier molecular flexibility index (Phi) is 4.34. The molecule has 1 spiro atoms. The van der Waals surface area contributed by atoms with Crippen molar-refractivity contribution in [1.82, 2.24) is 4.90 Å². The molecule has 1 amide bonds. The summed E-state index contributed by atoms with van der Waals surface area (Å²) in [6, 6.07) is 6.71. The normalized spacial score (nSPS) is 19.5. The molecule has 2 aliphatic heterocycles. The summed E-state index contributed by atoms with van der Waals surface area (Å²) in [5.74, 6) is 0. The number of nitrogens with zero attached hydrogens (tertiary/aromatic N) is 3. The quantitative estimate of drug-likeness (QED) is 0.605. The minimum atomic E-state index is -0.463. The standard InChI is InChI=1S/C18H25N3O4/c1-17(2,3)25-16(22)19-10-8-18(9-11-19)12-20(13-18)14-4-6-15(7-5-14)21(23)24/h4-7H,8-13H2,1-3H3. The van der Waals surface area contributed by atoms with Crippen LogP contribution in [0, 0.1) is 15.5 Å². The highest BCUT2D eigenvalue weighted by Gasteiger charge is 2.46. The average Bonchev–Trinajstić information content (AvgIpc) is 2.51. The Hall–Kier alpha value is -2.31. The van der Waals surface area contributed by atoms with Crippen molar-refractivity contribution < 1.29 is 14.5 Å². The van der Waals surface area contributed by atoms with Gasteiger partial charge in [-0.1, -0.05) is 0 Å². The molecule has 3 rings (SSSR count). The summed E-state index contributed by atoms with van der Waals surface area (Å²) in [4.78, 5) is 26.5. The minimum absolute atomic E-state index is 0.115. The maximum atomic E-state index is 12.1. The first kappa shape index (κ1) is 17.5. The van der Waals surface area contributed by atoms with Gasteiger partial charge in [-0.2, -0.15) is 0 Å². The van der Waals surface area contributed by atoms with Crippen LogP contribution in [0.3, 0.4) is 0 Å². The molecule has 7 nitrogen and oxygen atoms in total. The van der Waals surface area contributed by atoms with Gasteiger partial charge in [0.15, 0.2) is 0 Å². The molecule has 0 aromatic heterocycles. The smallest absolute Gasteiger partial charge is 0.410 e. The van der Waals surface area contributed by atoms with E-state index in [2.05, 4.69) is 4.90 Å². The zero-order valence-electron chi connectivity index (χ0n) is 15.0. The molecule has 0 bridgehead atoms. The molecule has 0 unspecified atom stereocenters. The number of amides is 1. The second-order valence-electron chi connectivity index (χ2n) is 8.10. The summed E-state index contributed by atoms with van der Waals surface area (Å²) >= 11 is 0. The lowest BCUT2D eigenvalue weighted by Gasteiger charge is -2.54. The lowest BCUT2D eigenvalue weighted by Crippen LogP contribution is -2.61. The molecule has 2 heterocycles. The Morgan fingerprint density at radius 3 is 2.20 bits per heavy atom. The van der Waals surface area contributed by atoms with Crippen LogP contribution < -0.4 is 4.90 Å². The molecule has 0 atom stereocenters. The van der Waals surface area contributed by atoms with Crippen molar-refractivity contribution >= 4 is 17.5 Å². The molecule has 2 saturated heterocycles. The van der Waals surface area contributed by atoms with Crippen LogP contribution in [0.25, 0.3) is 0 Å². The number of piperidine rings is 1. The van der Waals surface area contributed by atoms with Crippen LogP contribution in [-0.2, 0) is 4.74 Å². The van der Waals surface area contributed by atoms with Gasteiger partial charge in [0.25, 0.3) is 5.69 Å². The number of benzene rings is 1. The zero-order valence-corrected chi connectivity index (χ0v) is 15.0. The Bertz CT molecular complexity index is 650. The van der Waals surface area contributed by atoms with Crippen molar-refractivity contribution in [2.45, 2.75) is 39.2 Å². The number of carbonyl (C=O) groups is 1. The third-order valence-corrected chi connectivity index (χ3v) is 4.95. The highest BCUT2D eigenvalue weighted by molar-refractivity contribution is 5.68. The number of nitro benzene ring substituents is 1. The van der Waals surface area contributed by atoms with Gasteiger partial charge in [-0.15, -0.1) is 0 Å². The monoisotopic (exact) mass is 347 g/mol. The molecule has 136 valence electrons. The van der Waals surface area contributed by atoms with Gasteiger partial charge in [0.2, 0.25) is 0 Å². The van der Waals surface area contributed by atoms with Gasteiger partial charge in [-0.25, -0.2) is 4.79 Å². The highest BCUT2D eigenvalue weighted by atomic mass is 16.6. The second-order valence-corrected chi connectivity index (χ2v) is 8.10. The van der Waals surface area contributed by atoms with Crippen LogP contribution in [0.1, 0.15) is 33.6 Å². The van der Waals surface area contributed by atoms with E-state index in [0.717, 1.165) is 44.7 Å². The molecular formula is C18H25N3O4. The van der Waals surface area contributed by atoms with Crippen molar-refractivity contribution in [1.29, 1.82) is 0 Å². The summed E-state index contributed by atoms with van der Waals surface area (Å²) in [5.41, 5.74) is 0.922. The van der Waals surface area contributed by atoms with Crippen LogP contribution in [-0.4, -0.2) is 47.7 Å².